The molecule has 0 aliphatic rings. The molecule has 1 aromatic heterocycles. The minimum absolute atomic E-state index is 0.105. The normalized spacial score (nSPS) is 11.4. The van der Waals surface area contributed by atoms with Crippen LogP contribution in [0, 0.1) is 0 Å². The monoisotopic (exact) mass is 435 g/mol. The Kier molecular flexibility index (Phi) is 6.65. The van der Waals surface area contributed by atoms with E-state index in [4.69, 9.17) is 27.6 Å². The first-order chi connectivity index (χ1) is 13.3. The number of thioether (sulfide) groups is 1. The van der Waals surface area contributed by atoms with Gasteiger partial charge in [-0.05, 0) is 42.0 Å². The fraction of sp³-hybridized carbons (Fsp3) is 0.250. The second-order valence-electron chi connectivity index (χ2n) is 6.84. The largest absolute Gasteiger partial charge is 0.411 e. The summed E-state index contributed by atoms with van der Waals surface area (Å²) in [6, 6.07) is 14.8. The number of aromatic nitrogens is 2. The van der Waals surface area contributed by atoms with Crippen LogP contribution in [0.3, 0.4) is 0 Å². The van der Waals surface area contributed by atoms with Gasteiger partial charge in [0.05, 0.1) is 5.75 Å². The Morgan fingerprint density at radius 3 is 2.57 bits per heavy atom. The van der Waals surface area contributed by atoms with Gasteiger partial charge in [-0.3, -0.25) is 4.79 Å². The topological polar surface area (TPSA) is 68.0 Å². The molecule has 2 aromatic carbocycles. The van der Waals surface area contributed by atoms with E-state index in [9.17, 15) is 4.79 Å². The zero-order valence-corrected chi connectivity index (χ0v) is 17.7. The van der Waals surface area contributed by atoms with Crippen molar-refractivity contribution in [2.75, 3.05) is 12.3 Å². The van der Waals surface area contributed by atoms with Gasteiger partial charge in [-0.1, -0.05) is 60.9 Å². The molecule has 0 aliphatic carbocycles. The predicted octanol–water partition coefficient (Wildman–Crippen LogP) is 5.23. The standard InChI is InChI=1S/C20H19Cl2N3O2S/c1-20(2,14-4-3-5-16(22)10-14)12-23-17(26)11-28-19-25-24-18(27-19)13-6-8-15(21)9-7-13/h3-10H,11-12H2,1-2H3,(H,23,26). The Morgan fingerprint density at radius 2 is 1.86 bits per heavy atom. The summed E-state index contributed by atoms with van der Waals surface area (Å²) in [6.45, 7) is 4.61. The SMILES string of the molecule is CC(C)(CNC(=O)CSc1nnc(-c2ccc(Cl)cc2)o1)c1cccc(Cl)c1. The molecule has 0 fully saturated rings. The Balaban J connectivity index is 1.51. The molecule has 3 rings (SSSR count). The molecule has 3 aromatic rings. The molecule has 146 valence electrons. The van der Waals surface area contributed by atoms with Crippen molar-refractivity contribution < 1.29 is 9.21 Å². The van der Waals surface area contributed by atoms with Crippen LogP contribution in [0.1, 0.15) is 19.4 Å². The highest BCUT2D eigenvalue weighted by Gasteiger charge is 2.22. The van der Waals surface area contributed by atoms with Crippen LogP contribution in [0.25, 0.3) is 11.5 Å². The maximum atomic E-state index is 12.2. The van der Waals surface area contributed by atoms with Gasteiger partial charge in [0.25, 0.3) is 5.22 Å². The Morgan fingerprint density at radius 1 is 1.11 bits per heavy atom. The lowest BCUT2D eigenvalue weighted by molar-refractivity contribution is -0.118. The van der Waals surface area contributed by atoms with Crippen LogP contribution in [0.4, 0.5) is 0 Å². The number of rotatable bonds is 7. The van der Waals surface area contributed by atoms with Gasteiger partial charge in [-0.25, -0.2) is 0 Å². The summed E-state index contributed by atoms with van der Waals surface area (Å²) in [4.78, 5) is 12.2. The van der Waals surface area contributed by atoms with E-state index in [2.05, 4.69) is 29.4 Å². The number of carbonyl (C=O) groups is 1. The van der Waals surface area contributed by atoms with Gasteiger partial charge in [0.1, 0.15) is 0 Å². The molecule has 1 heterocycles. The van der Waals surface area contributed by atoms with E-state index in [0.717, 1.165) is 11.1 Å². The van der Waals surface area contributed by atoms with Crippen LogP contribution in [0.2, 0.25) is 10.0 Å². The molecule has 0 saturated heterocycles. The molecule has 0 bridgehead atoms. The average molecular weight is 436 g/mol. The summed E-state index contributed by atoms with van der Waals surface area (Å²) in [5, 5.41) is 12.6. The third-order valence-corrected chi connectivity index (χ3v) is 5.46. The van der Waals surface area contributed by atoms with Gasteiger partial charge in [0.2, 0.25) is 11.8 Å². The Bertz CT molecular complexity index is 958. The number of nitrogens with one attached hydrogen (secondary N) is 1. The van der Waals surface area contributed by atoms with Crippen LogP contribution in [0.15, 0.2) is 58.2 Å². The second kappa shape index (κ2) is 8.99. The fourth-order valence-electron chi connectivity index (χ4n) is 2.49. The summed E-state index contributed by atoms with van der Waals surface area (Å²) in [6.07, 6.45) is 0. The van der Waals surface area contributed by atoms with Crippen LogP contribution in [-0.4, -0.2) is 28.4 Å². The number of hydrogen-bond donors (Lipinski definition) is 1. The molecule has 5 nitrogen and oxygen atoms in total. The third kappa shape index (κ3) is 5.50. The van der Waals surface area contributed by atoms with Gasteiger partial charge in [-0.15, -0.1) is 10.2 Å². The van der Waals surface area contributed by atoms with Gasteiger partial charge in [-0.2, -0.15) is 0 Å². The number of amides is 1. The first-order valence-electron chi connectivity index (χ1n) is 8.58. The van der Waals surface area contributed by atoms with Crippen molar-refractivity contribution in [2.24, 2.45) is 0 Å². The Labute approximate surface area is 177 Å². The van der Waals surface area contributed by atoms with Crippen molar-refractivity contribution in [1.82, 2.24) is 15.5 Å². The summed E-state index contributed by atoms with van der Waals surface area (Å²) in [7, 11) is 0. The second-order valence-corrected chi connectivity index (χ2v) is 8.64. The van der Waals surface area contributed by atoms with Crippen LogP contribution >= 0.6 is 35.0 Å². The summed E-state index contributed by atoms with van der Waals surface area (Å²) in [5.41, 5.74) is 1.60. The van der Waals surface area contributed by atoms with E-state index in [1.807, 2.05) is 24.3 Å². The van der Waals surface area contributed by atoms with Gasteiger partial charge < -0.3 is 9.73 Å². The van der Waals surface area contributed by atoms with Crippen molar-refractivity contribution in [1.29, 1.82) is 0 Å². The third-order valence-electron chi connectivity index (χ3n) is 4.16. The number of hydrogen-bond acceptors (Lipinski definition) is 5. The van der Waals surface area contributed by atoms with Crippen molar-refractivity contribution in [3.8, 4) is 11.5 Å². The van der Waals surface area contributed by atoms with Crippen LogP contribution in [0.5, 0.6) is 0 Å². The molecule has 0 aliphatic heterocycles. The van der Waals surface area contributed by atoms with Gasteiger partial charge in [0.15, 0.2) is 0 Å². The number of benzene rings is 2. The lowest BCUT2D eigenvalue weighted by Gasteiger charge is -2.25. The van der Waals surface area contributed by atoms with E-state index < -0.39 is 0 Å². The summed E-state index contributed by atoms with van der Waals surface area (Å²) in [5.74, 6) is 0.474. The smallest absolute Gasteiger partial charge is 0.277 e. The molecule has 0 atom stereocenters. The lowest BCUT2D eigenvalue weighted by Crippen LogP contribution is -2.37. The molecule has 28 heavy (non-hydrogen) atoms. The maximum absolute atomic E-state index is 12.2. The van der Waals surface area contributed by atoms with Crippen molar-refractivity contribution >= 4 is 40.9 Å². The molecule has 0 radical (unpaired) electrons. The molecule has 1 N–H and O–H groups in total. The van der Waals surface area contributed by atoms with Crippen molar-refractivity contribution in [3.63, 3.8) is 0 Å². The van der Waals surface area contributed by atoms with Gasteiger partial charge in [0, 0.05) is 27.6 Å². The summed E-state index contributed by atoms with van der Waals surface area (Å²) >= 11 is 13.1. The van der Waals surface area contributed by atoms with Crippen molar-refractivity contribution in [3.05, 3.63) is 64.1 Å². The first kappa shape index (κ1) is 20.7. The molecule has 0 saturated carbocycles. The van der Waals surface area contributed by atoms with E-state index in [1.165, 1.54) is 11.8 Å². The number of nitrogens with zero attached hydrogens (tertiary/aromatic N) is 2. The molecule has 0 spiro atoms. The number of carbonyl (C=O) groups excluding carboxylic acids is 1. The van der Waals surface area contributed by atoms with Gasteiger partial charge >= 0.3 is 0 Å². The highest BCUT2D eigenvalue weighted by atomic mass is 35.5. The van der Waals surface area contributed by atoms with Crippen LogP contribution in [-0.2, 0) is 10.2 Å². The van der Waals surface area contributed by atoms with E-state index in [0.29, 0.717) is 27.7 Å². The van der Waals surface area contributed by atoms with E-state index in [-0.39, 0.29) is 17.1 Å². The number of halogens is 2. The zero-order chi connectivity index (χ0) is 20.1. The minimum Gasteiger partial charge on any atom is -0.411 e. The van der Waals surface area contributed by atoms with E-state index >= 15 is 0 Å². The average Bonchev–Trinajstić information content (AvgIpc) is 3.14. The maximum Gasteiger partial charge on any atom is 0.277 e. The first-order valence-corrected chi connectivity index (χ1v) is 10.3. The minimum atomic E-state index is -0.239. The zero-order valence-electron chi connectivity index (χ0n) is 15.4. The van der Waals surface area contributed by atoms with Crippen molar-refractivity contribution in [2.45, 2.75) is 24.5 Å². The quantitative estimate of drug-likeness (QED) is 0.514. The molecule has 8 heteroatoms. The Hall–Kier alpha value is -2.02. The fourth-order valence-corrected chi connectivity index (χ4v) is 3.40. The molecular weight excluding hydrogens is 417 g/mol. The molecular formula is C20H19Cl2N3O2S. The lowest BCUT2D eigenvalue weighted by atomic mass is 9.84. The predicted molar refractivity (Wildman–Crippen MR) is 113 cm³/mol. The van der Waals surface area contributed by atoms with Crippen LogP contribution < -0.4 is 5.32 Å². The highest BCUT2D eigenvalue weighted by molar-refractivity contribution is 7.99. The molecule has 0 unspecified atom stereocenters. The molecule has 1 amide bonds. The van der Waals surface area contributed by atoms with E-state index in [1.54, 1.807) is 24.3 Å². The summed E-state index contributed by atoms with van der Waals surface area (Å²) < 4.78 is 5.59. The highest BCUT2D eigenvalue weighted by Crippen LogP contribution is 2.26.